The molecular weight excluding hydrogens is 378 g/mol. The van der Waals surface area contributed by atoms with Crippen LogP contribution in [-0.4, -0.2) is 47.8 Å². The third kappa shape index (κ3) is 4.23. The van der Waals surface area contributed by atoms with Crippen molar-refractivity contribution in [1.29, 1.82) is 0 Å². The Bertz CT molecular complexity index is 839. The van der Waals surface area contributed by atoms with Crippen LogP contribution in [0.3, 0.4) is 0 Å². The zero-order valence-electron chi connectivity index (χ0n) is 17.8. The van der Waals surface area contributed by atoms with Crippen molar-refractivity contribution >= 4 is 5.97 Å². The van der Waals surface area contributed by atoms with Crippen LogP contribution >= 0.6 is 0 Å². The maximum absolute atomic E-state index is 13.0. The van der Waals surface area contributed by atoms with Crippen LogP contribution in [0, 0.1) is 0 Å². The van der Waals surface area contributed by atoms with Crippen LogP contribution in [0.15, 0.2) is 54.6 Å². The number of carbonyl (C=O) groups excluding carboxylic acids is 1. The molecule has 0 spiro atoms. The SMILES string of the molecule is CN1C2CCC1CC(OC(=O)C(C)(CO)c1ccc(OCc3ccccc3)cc1)C2. The number of piperidine rings is 1. The smallest absolute Gasteiger partial charge is 0.318 e. The molecule has 2 saturated heterocycles. The van der Waals surface area contributed by atoms with Crippen LogP contribution in [0.2, 0.25) is 0 Å². The van der Waals surface area contributed by atoms with Gasteiger partial charge in [-0.05, 0) is 62.9 Å². The molecule has 160 valence electrons. The number of fused-ring (bicyclic) bond motifs is 2. The van der Waals surface area contributed by atoms with Crippen LogP contribution in [0.25, 0.3) is 0 Å². The summed E-state index contributed by atoms with van der Waals surface area (Å²) in [5.74, 6) is 0.375. The molecule has 0 saturated carbocycles. The third-order valence-corrected chi connectivity index (χ3v) is 6.84. The Hall–Kier alpha value is -2.37. The Morgan fingerprint density at radius 1 is 1.07 bits per heavy atom. The number of rotatable bonds is 7. The van der Waals surface area contributed by atoms with Gasteiger partial charge in [0.15, 0.2) is 0 Å². The highest BCUT2D eigenvalue weighted by atomic mass is 16.5. The van der Waals surface area contributed by atoms with Crippen molar-refractivity contribution < 1.29 is 19.4 Å². The molecule has 4 rings (SSSR count). The van der Waals surface area contributed by atoms with E-state index in [2.05, 4.69) is 11.9 Å². The Kier molecular flexibility index (Phi) is 6.11. The lowest BCUT2D eigenvalue weighted by molar-refractivity contribution is -0.160. The Balaban J connectivity index is 1.39. The lowest BCUT2D eigenvalue weighted by Crippen LogP contribution is -2.46. The Morgan fingerprint density at radius 3 is 2.30 bits per heavy atom. The predicted molar refractivity (Wildman–Crippen MR) is 115 cm³/mol. The van der Waals surface area contributed by atoms with Gasteiger partial charge in [-0.15, -0.1) is 0 Å². The van der Waals surface area contributed by atoms with Gasteiger partial charge in [0.2, 0.25) is 0 Å². The maximum Gasteiger partial charge on any atom is 0.318 e. The summed E-state index contributed by atoms with van der Waals surface area (Å²) in [6.45, 7) is 1.94. The van der Waals surface area contributed by atoms with E-state index in [-0.39, 0.29) is 18.7 Å². The summed E-state index contributed by atoms with van der Waals surface area (Å²) < 4.78 is 11.7. The summed E-state index contributed by atoms with van der Waals surface area (Å²) in [4.78, 5) is 15.5. The van der Waals surface area contributed by atoms with Crippen LogP contribution < -0.4 is 4.74 Å². The molecule has 5 heteroatoms. The molecule has 3 atom stereocenters. The van der Waals surface area contributed by atoms with Crippen molar-refractivity contribution in [2.24, 2.45) is 0 Å². The molecule has 1 N–H and O–H groups in total. The molecule has 3 unspecified atom stereocenters. The van der Waals surface area contributed by atoms with Gasteiger partial charge in [-0.3, -0.25) is 4.79 Å². The molecular formula is C25H31NO4. The van der Waals surface area contributed by atoms with E-state index in [9.17, 15) is 9.90 Å². The molecule has 2 aromatic rings. The van der Waals surface area contributed by atoms with E-state index in [1.54, 1.807) is 6.92 Å². The van der Waals surface area contributed by atoms with Gasteiger partial charge < -0.3 is 19.5 Å². The summed E-state index contributed by atoms with van der Waals surface area (Å²) >= 11 is 0. The van der Waals surface area contributed by atoms with Gasteiger partial charge in [0, 0.05) is 12.1 Å². The number of hydrogen-bond donors (Lipinski definition) is 1. The zero-order valence-corrected chi connectivity index (χ0v) is 17.8. The maximum atomic E-state index is 13.0. The summed E-state index contributed by atoms with van der Waals surface area (Å²) in [6, 6.07) is 18.3. The summed E-state index contributed by atoms with van der Waals surface area (Å²) in [7, 11) is 2.17. The minimum Gasteiger partial charge on any atom is -0.489 e. The van der Waals surface area contributed by atoms with E-state index in [0.717, 1.165) is 29.7 Å². The van der Waals surface area contributed by atoms with Gasteiger partial charge >= 0.3 is 5.97 Å². The van der Waals surface area contributed by atoms with E-state index in [0.29, 0.717) is 18.7 Å². The fraction of sp³-hybridized carbons (Fsp3) is 0.480. The van der Waals surface area contributed by atoms with Crippen LogP contribution in [0.1, 0.15) is 43.7 Å². The largest absolute Gasteiger partial charge is 0.489 e. The lowest BCUT2D eigenvalue weighted by atomic mass is 9.83. The zero-order chi connectivity index (χ0) is 21.1. The van der Waals surface area contributed by atoms with Crippen molar-refractivity contribution in [3.05, 3.63) is 65.7 Å². The number of aliphatic hydroxyl groups excluding tert-OH is 1. The second-order valence-electron chi connectivity index (χ2n) is 8.84. The molecule has 0 radical (unpaired) electrons. The number of benzene rings is 2. The van der Waals surface area contributed by atoms with Crippen LogP contribution in [0.4, 0.5) is 0 Å². The van der Waals surface area contributed by atoms with Gasteiger partial charge in [-0.2, -0.15) is 0 Å². The molecule has 5 nitrogen and oxygen atoms in total. The van der Waals surface area contributed by atoms with Crippen molar-refractivity contribution in [3.8, 4) is 5.75 Å². The summed E-state index contributed by atoms with van der Waals surface area (Å²) in [5, 5.41) is 10.1. The van der Waals surface area contributed by atoms with Gasteiger partial charge in [-0.1, -0.05) is 42.5 Å². The molecule has 30 heavy (non-hydrogen) atoms. The highest BCUT2D eigenvalue weighted by molar-refractivity contribution is 5.83. The molecule has 2 fully saturated rings. The number of carbonyl (C=O) groups is 1. The molecule has 0 aromatic heterocycles. The van der Waals surface area contributed by atoms with E-state index >= 15 is 0 Å². The van der Waals surface area contributed by atoms with Crippen molar-refractivity contribution in [2.45, 2.75) is 62.8 Å². The molecule has 2 aromatic carbocycles. The van der Waals surface area contributed by atoms with Crippen molar-refractivity contribution in [3.63, 3.8) is 0 Å². The highest BCUT2D eigenvalue weighted by Gasteiger charge is 2.43. The average molecular weight is 410 g/mol. The summed E-state index contributed by atoms with van der Waals surface area (Å²) in [5.41, 5.74) is 0.746. The summed E-state index contributed by atoms with van der Waals surface area (Å²) in [6.07, 6.45) is 4.05. The van der Waals surface area contributed by atoms with Gasteiger partial charge in [0.25, 0.3) is 0 Å². The number of ether oxygens (including phenoxy) is 2. The molecule has 0 aliphatic carbocycles. The third-order valence-electron chi connectivity index (χ3n) is 6.84. The molecule has 2 bridgehead atoms. The normalized spacial score (nSPS) is 25.5. The van der Waals surface area contributed by atoms with Crippen molar-refractivity contribution in [2.75, 3.05) is 13.7 Å². The van der Waals surface area contributed by atoms with E-state index in [4.69, 9.17) is 9.47 Å². The molecule has 2 aliphatic rings. The highest BCUT2D eigenvalue weighted by Crippen LogP contribution is 2.37. The van der Waals surface area contributed by atoms with Gasteiger partial charge in [0.05, 0.1) is 6.61 Å². The first-order valence-corrected chi connectivity index (χ1v) is 10.8. The van der Waals surface area contributed by atoms with E-state index < -0.39 is 5.41 Å². The Labute approximate surface area is 178 Å². The standard InChI is InChI=1S/C25H31NO4/c1-25(17-27,24(28)30-23-14-20-10-11-21(15-23)26(20)2)19-8-12-22(13-9-19)29-16-18-6-4-3-5-7-18/h3-9,12-13,20-21,23,27H,10-11,14-17H2,1-2H3. The average Bonchev–Trinajstić information content (AvgIpc) is 2.98. The van der Waals surface area contributed by atoms with Crippen molar-refractivity contribution in [1.82, 2.24) is 4.90 Å². The number of esters is 1. The molecule has 2 heterocycles. The first kappa shape index (κ1) is 20.9. The first-order valence-electron chi connectivity index (χ1n) is 10.8. The van der Waals surface area contributed by atoms with Gasteiger partial charge in [0.1, 0.15) is 23.9 Å². The minimum absolute atomic E-state index is 0.0643. The fourth-order valence-electron chi connectivity index (χ4n) is 4.67. The number of aliphatic hydroxyl groups is 1. The number of nitrogens with zero attached hydrogens (tertiary/aromatic N) is 1. The van der Waals surface area contributed by atoms with Crippen LogP contribution in [0.5, 0.6) is 5.75 Å². The monoisotopic (exact) mass is 409 g/mol. The molecule has 2 aliphatic heterocycles. The molecule has 0 amide bonds. The topological polar surface area (TPSA) is 59.0 Å². The minimum atomic E-state index is -1.08. The van der Waals surface area contributed by atoms with E-state index in [1.165, 1.54) is 12.8 Å². The fourth-order valence-corrected chi connectivity index (χ4v) is 4.67. The quantitative estimate of drug-likeness (QED) is 0.707. The second kappa shape index (κ2) is 8.78. The van der Waals surface area contributed by atoms with Crippen LogP contribution in [-0.2, 0) is 21.6 Å². The predicted octanol–water partition coefficient (Wildman–Crippen LogP) is 3.68. The number of hydrogen-bond acceptors (Lipinski definition) is 5. The van der Waals surface area contributed by atoms with Gasteiger partial charge in [-0.25, -0.2) is 0 Å². The Morgan fingerprint density at radius 2 is 1.70 bits per heavy atom. The lowest BCUT2D eigenvalue weighted by Gasteiger charge is -2.37. The second-order valence-corrected chi connectivity index (χ2v) is 8.84. The van der Waals surface area contributed by atoms with E-state index in [1.807, 2.05) is 54.6 Å². The first-order chi connectivity index (χ1) is 14.5.